The number of hydrogen-bond acceptors (Lipinski definition) is 3. The van der Waals surface area contributed by atoms with Crippen LogP contribution in [0.5, 0.6) is 5.75 Å². The largest absolute Gasteiger partial charge is 0.507 e. The van der Waals surface area contributed by atoms with Gasteiger partial charge < -0.3 is 10.2 Å². The predicted molar refractivity (Wildman–Crippen MR) is 130 cm³/mol. The Kier molecular flexibility index (Phi) is 5.57. The molecular weight excluding hydrogens is 450 g/mol. The standard InChI is InChI=1S/C27H38BrNO2/c1-25-12-4-3-5-19(25)6-8-21-22(25)10-13-26(2)23(21)11-14-27(26,31)17-29-16-18-15-20(28)7-9-24(18)30/h7,9,15-16,19,21-23,30-31H,3-6,8,10-14,17H2,1-2H3/t19-,21+,22-,23-,25-,26-,27+/m0/s1. The monoisotopic (exact) mass is 487 g/mol. The second kappa shape index (κ2) is 7.87. The Balaban J connectivity index is 1.35. The SMILES string of the molecule is C[C@]12CCCC[C@H]1CC[C@@H]1[C@@H]2CC[C@@]2(C)[C@H]1CC[C@@]2(O)CN=Cc1cc(Br)ccc1O. The van der Waals surface area contributed by atoms with Gasteiger partial charge in [-0.05, 0) is 98.7 Å². The molecule has 4 saturated carbocycles. The molecule has 7 atom stereocenters. The molecule has 5 rings (SSSR count). The lowest BCUT2D eigenvalue weighted by molar-refractivity contribution is -0.147. The smallest absolute Gasteiger partial charge is 0.124 e. The van der Waals surface area contributed by atoms with Crippen LogP contribution in [0.4, 0.5) is 0 Å². The molecule has 3 nitrogen and oxygen atoms in total. The van der Waals surface area contributed by atoms with Crippen LogP contribution in [0.1, 0.15) is 83.6 Å². The Labute approximate surface area is 195 Å². The van der Waals surface area contributed by atoms with Crippen LogP contribution in [0.25, 0.3) is 0 Å². The summed E-state index contributed by atoms with van der Waals surface area (Å²) >= 11 is 3.46. The van der Waals surface area contributed by atoms with Crippen molar-refractivity contribution in [3.05, 3.63) is 28.2 Å². The number of aliphatic hydroxyl groups is 1. The lowest BCUT2D eigenvalue weighted by Gasteiger charge is -2.61. The van der Waals surface area contributed by atoms with Gasteiger partial charge in [0.1, 0.15) is 5.75 Å². The van der Waals surface area contributed by atoms with Crippen LogP contribution in [0.2, 0.25) is 0 Å². The van der Waals surface area contributed by atoms with Crippen molar-refractivity contribution < 1.29 is 10.2 Å². The number of fused-ring (bicyclic) bond motifs is 5. The van der Waals surface area contributed by atoms with E-state index in [1.807, 2.05) is 12.1 Å². The van der Waals surface area contributed by atoms with Gasteiger partial charge in [0.15, 0.2) is 0 Å². The van der Waals surface area contributed by atoms with Crippen LogP contribution in [0.15, 0.2) is 27.7 Å². The van der Waals surface area contributed by atoms with Crippen LogP contribution in [-0.4, -0.2) is 28.6 Å². The molecule has 0 aliphatic heterocycles. The van der Waals surface area contributed by atoms with Crippen molar-refractivity contribution in [3.8, 4) is 5.75 Å². The average molecular weight is 489 g/mol. The Hall–Kier alpha value is -0.870. The molecule has 4 aliphatic carbocycles. The number of benzene rings is 1. The second-order valence-corrected chi connectivity index (χ2v) is 12.5. The summed E-state index contributed by atoms with van der Waals surface area (Å²) in [6, 6.07) is 5.37. The number of nitrogens with zero attached hydrogens (tertiary/aromatic N) is 1. The number of aromatic hydroxyl groups is 1. The van der Waals surface area contributed by atoms with E-state index in [4.69, 9.17) is 0 Å². The van der Waals surface area contributed by atoms with E-state index in [0.29, 0.717) is 23.4 Å². The molecule has 0 bridgehead atoms. The van der Waals surface area contributed by atoms with Gasteiger partial charge in [0.05, 0.1) is 12.1 Å². The minimum absolute atomic E-state index is 0.0390. The first-order valence-electron chi connectivity index (χ1n) is 12.5. The molecule has 0 spiro atoms. The first-order chi connectivity index (χ1) is 14.8. The highest BCUT2D eigenvalue weighted by molar-refractivity contribution is 9.10. The number of rotatable bonds is 3. The molecule has 31 heavy (non-hydrogen) atoms. The van der Waals surface area contributed by atoms with Gasteiger partial charge in [-0.15, -0.1) is 0 Å². The highest BCUT2D eigenvalue weighted by Gasteiger charge is 2.64. The molecule has 2 N–H and O–H groups in total. The number of phenols is 1. The summed E-state index contributed by atoms with van der Waals surface area (Å²) in [6.07, 6.45) is 14.7. The maximum Gasteiger partial charge on any atom is 0.124 e. The summed E-state index contributed by atoms with van der Waals surface area (Å²) in [5.41, 5.74) is 0.470. The third-order valence-electron chi connectivity index (χ3n) is 10.5. The molecule has 4 heteroatoms. The molecule has 0 amide bonds. The van der Waals surface area contributed by atoms with Gasteiger partial charge in [-0.25, -0.2) is 0 Å². The molecule has 0 aromatic heterocycles. The van der Waals surface area contributed by atoms with Crippen LogP contribution >= 0.6 is 15.9 Å². The van der Waals surface area contributed by atoms with Crippen molar-refractivity contribution in [1.29, 1.82) is 0 Å². The minimum Gasteiger partial charge on any atom is -0.507 e. The van der Waals surface area contributed by atoms with Gasteiger partial charge >= 0.3 is 0 Å². The van der Waals surface area contributed by atoms with Gasteiger partial charge in [-0.2, -0.15) is 0 Å². The van der Waals surface area contributed by atoms with Crippen molar-refractivity contribution >= 4 is 22.1 Å². The van der Waals surface area contributed by atoms with Crippen molar-refractivity contribution in [3.63, 3.8) is 0 Å². The van der Waals surface area contributed by atoms with Gasteiger partial charge in [0.2, 0.25) is 0 Å². The highest BCUT2D eigenvalue weighted by Crippen LogP contribution is 2.68. The molecular formula is C27H38BrNO2. The van der Waals surface area contributed by atoms with E-state index in [2.05, 4.69) is 34.8 Å². The molecule has 1 aromatic rings. The topological polar surface area (TPSA) is 52.8 Å². The molecule has 4 aliphatic rings. The van der Waals surface area contributed by atoms with Crippen LogP contribution < -0.4 is 0 Å². The normalized spacial score (nSPS) is 44.6. The maximum atomic E-state index is 11.8. The zero-order chi connectivity index (χ0) is 21.9. The van der Waals surface area contributed by atoms with Gasteiger partial charge in [0, 0.05) is 21.7 Å². The van der Waals surface area contributed by atoms with Gasteiger partial charge in [0.25, 0.3) is 0 Å². The van der Waals surface area contributed by atoms with E-state index in [-0.39, 0.29) is 11.2 Å². The molecule has 4 fully saturated rings. The molecule has 1 aromatic carbocycles. The Morgan fingerprint density at radius 3 is 2.68 bits per heavy atom. The lowest BCUT2D eigenvalue weighted by atomic mass is 9.44. The Morgan fingerprint density at radius 1 is 1.03 bits per heavy atom. The van der Waals surface area contributed by atoms with Gasteiger partial charge in [-0.3, -0.25) is 4.99 Å². The summed E-state index contributed by atoms with van der Waals surface area (Å²) in [7, 11) is 0. The summed E-state index contributed by atoms with van der Waals surface area (Å²) < 4.78 is 0.920. The fourth-order valence-electron chi connectivity index (χ4n) is 8.59. The van der Waals surface area contributed by atoms with E-state index in [9.17, 15) is 10.2 Å². The lowest BCUT2D eigenvalue weighted by Crippen LogP contribution is -2.56. The van der Waals surface area contributed by atoms with Crippen molar-refractivity contribution in [1.82, 2.24) is 0 Å². The molecule has 0 radical (unpaired) electrons. The fourth-order valence-corrected chi connectivity index (χ4v) is 8.97. The predicted octanol–water partition coefficient (Wildman–Crippen LogP) is 6.74. The van der Waals surface area contributed by atoms with Crippen molar-refractivity contribution in [2.24, 2.45) is 39.5 Å². The van der Waals surface area contributed by atoms with Gasteiger partial charge in [-0.1, -0.05) is 42.6 Å². The van der Waals surface area contributed by atoms with Crippen molar-refractivity contribution in [2.45, 2.75) is 83.7 Å². The fraction of sp³-hybridized carbons (Fsp3) is 0.741. The molecule has 0 saturated heterocycles. The van der Waals surface area contributed by atoms with E-state index in [1.54, 1.807) is 12.3 Å². The number of aliphatic imine (C=N–C) groups is 1. The third-order valence-corrected chi connectivity index (χ3v) is 11.0. The second-order valence-electron chi connectivity index (χ2n) is 11.6. The Bertz CT molecular complexity index is 871. The zero-order valence-electron chi connectivity index (χ0n) is 19.1. The van der Waals surface area contributed by atoms with E-state index < -0.39 is 5.60 Å². The summed E-state index contributed by atoms with van der Waals surface area (Å²) in [5, 5.41) is 22.0. The van der Waals surface area contributed by atoms with Crippen LogP contribution in [0, 0.1) is 34.5 Å². The van der Waals surface area contributed by atoms with Crippen LogP contribution in [0.3, 0.4) is 0 Å². The third kappa shape index (κ3) is 3.42. The van der Waals surface area contributed by atoms with E-state index in [1.165, 1.54) is 44.9 Å². The number of halogens is 1. The van der Waals surface area contributed by atoms with E-state index >= 15 is 0 Å². The van der Waals surface area contributed by atoms with E-state index in [0.717, 1.165) is 41.5 Å². The Morgan fingerprint density at radius 2 is 1.84 bits per heavy atom. The molecule has 0 unspecified atom stereocenters. The first-order valence-corrected chi connectivity index (χ1v) is 13.3. The summed E-state index contributed by atoms with van der Waals surface area (Å²) in [5.74, 6) is 3.44. The maximum absolute atomic E-state index is 11.8. The average Bonchev–Trinajstić information content (AvgIpc) is 3.01. The quantitative estimate of drug-likeness (QED) is 0.463. The number of phenolic OH excluding ortho intramolecular Hbond substituents is 1. The zero-order valence-corrected chi connectivity index (χ0v) is 20.7. The molecule has 170 valence electrons. The summed E-state index contributed by atoms with van der Waals surface area (Å²) in [4.78, 5) is 4.66. The number of hydrogen-bond donors (Lipinski definition) is 2. The molecule has 0 heterocycles. The van der Waals surface area contributed by atoms with Crippen LogP contribution in [-0.2, 0) is 0 Å². The highest BCUT2D eigenvalue weighted by atomic mass is 79.9. The first kappa shape index (κ1) is 21.9. The minimum atomic E-state index is -0.731. The summed E-state index contributed by atoms with van der Waals surface area (Å²) in [6.45, 7) is 5.41. The van der Waals surface area contributed by atoms with Crippen molar-refractivity contribution in [2.75, 3.05) is 6.54 Å².